The largest absolute Gasteiger partial charge is 0.493 e. The fraction of sp³-hybridized carbons (Fsp3) is 0.417. The third-order valence-corrected chi connectivity index (χ3v) is 6.01. The Bertz CT molecular complexity index is 954. The van der Waals surface area contributed by atoms with E-state index in [2.05, 4.69) is 5.32 Å². The molecule has 30 heavy (non-hydrogen) atoms. The molecule has 1 saturated carbocycles. The van der Waals surface area contributed by atoms with Crippen LogP contribution in [0.15, 0.2) is 42.5 Å². The summed E-state index contributed by atoms with van der Waals surface area (Å²) in [7, 11) is 3.18. The average Bonchev–Trinajstić information content (AvgIpc) is 3.62. The second-order valence-corrected chi connectivity index (χ2v) is 8.00. The van der Waals surface area contributed by atoms with E-state index in [4.69, 9.17) is 9.47 Å². The molecule has 0 bridgehead atoms. The number of hydrogen-bond donors (Lipinski definition) is 1. The Kier molecular flexibility index (Phi) is 5.66. The monoisotopic (exact) mass is 408 g/mol. The molecular formula is C24H28N2O4. The molecule has 0 saturated heterocycles. The maximum atomic E-state index is 13.4. The first-order chi connectivity index (χ1) is 14.5. The highest BCUT2D eigenvalue weighted by Crippen LogP contribution is 2.37. The van der Waals surface area contributed by atoms with Crippen LogP contribution in [0.4, 0.5) is 0 Å². The summed E-state index contributed by atoms with van der Waals surface area (Å²) in [6, 6.07) is 12.7. The first-order valence-electron chi connectivity index (χ1n) is 10.4. The number of carbonyl (C=O) groups excluding carboxylic acids is 2. The summed E-state index contributed by atoms with van der Waals surface area (Å²) in [5.41, 5.74) is 2.97. The van der Waals surface area contributed by atoms with Crippen molar-refractivity contribution < 1.29 is 19.1 Å². The highest BCUT2D eigenvalue weighted by Gasteiger charge is 2.41. The van der Waals surface area contributed by atoms with Gasteiger partial charge in [-0.15, -0.1) is 0 Å². The first-order valence-corrected chi connectivity index (χ1v) is 10.4. The molecule has 158 valence electrons. The molecule has 2 amide bonds. The Morgan fingerprint density at radius 2 is 1.80 bits per heavy atom. The zero-order chi connectivity index (χ0) is 21.3. The van der Waals surface area contributed by atoms with Gasteiger partial charge in [-0.25, -0.2) is 0 Å². The molecule has 1 heterocycles. The number of methoxy groups -OCH3 is 2. The van der Waals surface area contributed by atoms with Crippen LogP contribution in [0, 0.1) is 5.92 Å². The van der Waals surface area contributed by atoms with Gasteiger partial charge in [-0.2, -0.15) is 0 Å². The van der Waals surface area contributed by atoms with Crippen molar-refractivity contribution in [2.24, 2.45) is 5.92 Å². The minimum absolute atomic E-state index is 0.0776. The summed E-state index contributed by atoms with van der Waals surface area (Å²) in [5.74, 6) is 1.28. The quantitative estimate of drug-likeness (QED) is 0.795. The van der Waals surface area contributed by atoms with E-state index >= 15 is 0 Å². The lowest BCUT2D eigenvalue weighted by Crippen LogP contribution is -2.48. The van der Waals surface area contributed by atoms with Crippen molar-refractivity contribution >= 4 is 11.8 Å². The fourth-order valence-electron chi connectivity index (χ4n) is 4.15. The predicted octanol–water partition coefficient (Wildman–Crippen LogP) is 3.42. The van der Waals surface area contributed by atoms with Crippen LogP contribution in [-0.2, 0) is 16.0 Å². The summed E-state index contributed by atoms with van der Waals surface area (Å²) in [6.45, 7) is 2.51. The van der Waals surface area contributed by atoms with Crippen molar-refractivity contribution in [3.8, 4) is 11.5 Å². The summed E-state index contributed by atoms with van der Waals surface area (Å²) in [5, 5.41) is 3.11. The van der Waals surface area contributed by atoms with Crippen LogP contribution in [0.1, 0.15) is 48.5 Å². The van der Waals surface area contributed by atoms with Gasteiger partial charge in [0.15, 0.2) is 11.5 Å². The number of amides is 2. The molecule has 1 fully saturated rings. The van der Waals surface area contributed by atoms with E-state index in [1.54, 1.807) is 19.1 Å². The lowest BCUT2D eigenvalue weighted by atomic mass is 9.91. The van der Waals surface area contributed by atoms with E-state index in [9.17, 15) is 9.59 Å². The molecule has 1 N–H and O–H groups in total. The van der Waals surface area contributed by atoms with Gasteiger partial charge in [-0.05, 0) is 55.0 Å². The summed E-state index contributed by atoms with van der Waals surface area (Å²) < 4.78 is 10.7. The van der Waals surface area contributed by atoms with E-state index < -0.39 is 6.04 Å². The van der Waals surface area contributed by atoms with Crippen LogP contribution < -0.4 is 14.8 Å². The van der Waals surface area contributed by atoms with Gasteiger partial charge in [0.05, 0.1) is 20.3 Å². The van der Waals surface area contributed by atoms with Crippen molar-refractivity contribution in [2.75, 3.05) is 20.8 Å². The number of carbonyl (C=O) groups is 2. The molecule has 2 aliphatic rings. The first kappa shape index (κ1) is 20.3. The van der Waals surface area contributed by atoms with Gasteiger partial charge in [0, 0.05) is 12.5 Å². The lowest BCUT2D eigenvalue weighted by molar-refractivity contribution is -0.142. The number of fused-ring (bicyclic) bond motifs is 1. The summed E-state index contributed by atoms with van der Waals surface area (Å²) in [6.07, 6.45) is 2.63. The van der Waals surface area contributed by atoms with Gasteiger partial charge < -0.3 is 19.7 Å². The Balaban J connectivity index is 1.59. The van der Waals surface area contributed by atoms with E-state index in [1.165, 1.54) is 0 Å². The van der Waals surface area contributed by atoms with Gasteiger partial charge in [-0.3, -0.25) is 9.59 Å². The molecule has 1 aliphatic carbocycles. The van der Waals surface area contributed by atoms with Gasteiger partial charge in [0.2, 0.25) is 11.8 Å². The van der Waals surface area contributed by atoms with E-state index in [0.717, 1.165) is 36.0 Å². The Morgan fingerprint density at radius 1 is 1.07 bits per heavy atom. The number of hydrogen-bond acceptors (Lipinski definition) is 4. The normalized spacial score (nSPS) is 18.9. The molecule has 2 aromatic rings. The van der Waals surface area contributed by atoms with E-state index in [0.29, 0.717) is 18.0 Å². The molecule has 2 unspecified atom stereocenters. The molecule has 4 rings (SSSR count). The molecule has 0 radical (unpaired) electrons. The number of nitrogens with zero attached hydrogens (tertiary/aromatic N) is 1. The topological polar surface area (TPSA) is 67.9 Å². The Labute approximate surface area is 177 Å². The van der Waals surface area contributed by atoms with Crippen LogP contribution in [-0.4, -0.2) is 37.5 Å². The smallest absolute Gasteiger partial charge is 0.247 e. The highest BCUT2D eigenvalue weighted by molar-refractivity contribution is 5.91. The summed E-state index contributed by atoms with van der Waals surface area (Å²) >= 11 is 0. The standard InChI is InChI=1S/C24H28N2O4/c1-15(18-10-11-20(29-2)21(14-18)30-3)25-23(27)22-19-7-5-4-6-16(19)12-13-26(22)24(28)17-8-9-17/h4-7,10-11,14-15,17,22H,8-9,12-13H2,1-3H3,(H,25,27). The van der Waals surface area contributed by atoms with E-state index in [-0.39, 0.29) is 23.8 Å². The van der Waals surface area contributed by atoms with Crippen molar-refractivity contribution in [3.63, 3.8) is 0 Å². The Hall–Kier alpha value is -3.02. The van der Waals surface area contributed by atoms with Gasteiger partial charge in [0.25, 0.3) is 0 Å². The van der Waals surface area contributed by atoms with Crippen molar-refractivity contribution in [1.82, 2.24) is 10.2 Å². The molecule has 6 heteroatoms. The SMILES string of the molecule is COc1ccc(C(C)NC(=O)C2c3ccccc3CCN2C(=O)C2CC2)cc1OC. The molecule has 6 nitrogen and oxygen atoms in total. The zero-order valence-corrected chi connectivity index (χ0v) is 17.7. The van der Waals surface area contributed by atoms with Crippen LogP contribution in [0.3, 0.4) is 0 Å². The highest BCUT2D eigenvalue weighted by atomic mass is 16.5. The van der Waals surface area contributed by atoms with Crippen LogP contribution >= 0.6 is 0 Å². The second-order valence-electron chi connectivity index (χ2n) is 8.00. The molecule has 0 spiro atoms. The average molecular weight is 408 g/mol. The molecule has 0 aromatic heterocycles. The molecular weight excluding hydrogens is 380 g/mol. The van der Waals surface area contributed by atoms with Crippen molar-refractivity contribution in [1.29, 1.82) is 0 Å². The number of ether oxygens (including phenoxy) is 2. The second kappa shape index (κ2) is 8.38. The van der Waals surface area contributed by atoms with Gasteiger partial charge >= 0.3 is 0 Å². The minimum atomic E-state index is -0.592. The predicted molar refractivity (Wildman–Crippen MR) is 113 cm³/mol. The van der Waals surface area contributed by atoms with Crippen LogP contribution in [0.5, 0.6) is 11.5 Å². The third kappa shape index (κ3) is 3.86. The number of nitrogens with one attached hydrogen (secondary N) is 1. The number of benzene rings is 2. The molecule has 1 aliphatic heterocycles. The molecule has 2 atom stereocenters. The summed E-state index contributed by atoms with van der Waals surface area (Å²) in [4.78, 5) is 28.1. The number of rotatable bonds is 6. The maximum Gasteiger partial charge on any atom is 0.247 e. The van der Waals surface area contributed by atoms with Gasteiger partial charge in [-0.1, -0.05) is 30.3 Å². The minimum Gasteiger partial charge on any atom is -0.493 e. The lowest BCUT2D eigenvalue weighted by Gasteiger charge is -2.37. The van der Waals surface area contributed by atoms with Gasteiger partial charge in [0.1, 0.15) is 6.04 Å². The van der Waals surface area contributed by atoms with E-state index in [1.807, 2.05) is 49.4 Å². The van der Waals surface area contributed by atoms with Crippen molar-refractivity contribution in [3.05, 3.63) is 59.2 Å². The third-order valence-electron chi connectivity index (χ3n) is 6.01. The fourth-order valence-corrected chi connectivity index (χ4v) is 4.15. The maximum absolute atomic E-state index is 13.4. The molecule has 2 aromatic carbocycles. The zero-order valence-electron chi connectivity index (χ0n) is 17.7. The van der Waals surface area contributed by atoms with Crippen LogP contribution in [0.25, 0.3) is 0 Å². The Morgan fingerprint density at radius 3 is 2.50 bits per heavy atom. The van der Waals surface area contributed by atoms with Crippen molar-refractivity contribution in [2.45, 2.75) is 38.3 Å². The van der Waals surface area contributed by atoms with Crippen LogP contribution in [0.2, 0.25) is 0 Å².